The average Bonchev–Trinajstić information content (AvgIpc) is 3.57. The molecule has 3 aromatic heterocycles. The van der Waals surface area contributed by atoms with E-state index >= 15 is 0 Å². The first kappa shape index (κ1) is 24.5. The lowest BCUT2D eigenvalue weighted by atomic mass is 10.1. The highest BCUT2D eigenvalue weighted by molar-refractivity contribution is 6.02. The lowest BCUT2D eigenvalue weighted by Crippen LogP contribution is -2.23. The van der Waals surface area contributed by atoms with E-state index in [-0.39, 0.29) is 5.91 Å². The first-order valence-electron chi connectivity index (χ1n) is 12.8. The predicted octanol–water partition coefficient (Wildman–Crippen LogP) is 5.11. The maximum Gasteiger partial charge on any atom is 0.248 e. The highest BCUT2D eigenvalue weighted by Crippen LogP contribution is 2.31. The third-order valence-corrected chi connectivity index (χ3v) is 6.87. The summed E-state index contributed by atoms with van der Waals surface area (Å²) in [5.41, 5.74) is 3.97. The van der Waals surface area contributed by atoms with Crippen LogP contribution in [0.15, 0.2) is 79.5 Å². The Morgan fingerprint density at radius 1 is 1.05 bits per heavy atom. The van der Waals surface area contributed by atoms with Gasteiger partial charge in [0.2, 0.25) is 5.91 Å². The monoisotopic (exact) mass is 520 g/mol. The molecule has 0 radical (unpaired) electrons. The number of carbonyl (C=O) groups excluding carboxylic acids is 1. The molecule has 2 aromatic carbocycles. The molecule has 0 saturated carbocycles. The van der Waals surface area contributed by atoms with Crippen LogP contribution in [0.5, 0.6) is 11.5 Å². The molecule has 1 atom stereocenters. The van der Waals surface area contributed by atoms with Crippen molar-refractivity contribution in [2.75, 3.05) is 24.2 Å². The van der Waals surface area contributed by atoms with Gasteiger partial charge in [-0.3, -0.25) is 9.69 Å². The first-order valence-corrected chi connectivity index (χ1v) is 12.8. The van der Waals surface area contributed by atoms with Gasteiger partial charge in [-0.25, -0.2) is 19.5 Å². The summed E-state index contributed by atoms with van der Waals surface area (Å²) in [6.45, 7) is 3.05. The molecule has 1 fully saturated rings. The van der Waals surface area contributed by atoms with Gasteiger partial charge in [-0.15, -0.1) is 0 Å². The van der Waals surface area contributed by atoms with E-state index in [4.69, 9.17) is 4.74 Å². The van der Waals surface area contributed by atoms with Crippen molar-refractivity contribution in [2.45, 2.75) is 25.8 Å². The number of aryl methyl sites for hydroxylation is 1. The number of rotatable bonds is 7. The first-order chi connectivity index (χ1) is 19.0. The summed E-state index contributed by atoms with van der Waals surface area (Å²) in [6.07, 6.45) is 10.7. The number of hydrogen-bond donors (Lipinski definition) is 2. The number of likely N-dealkylation sites (N-methyl/N-ethyl adjacent to an activating group) is 1. The minimum absolute atomic E-state index is 0.157. The Balaban J connectivity index is 1.18. The lowest BCUT2D eigenvalue weighted by molar-refractivity contribution is -0.111. The second-order valence-electron chi connectivity index (χ2n) is 9.63. The fourth-order valence-electron chi connectivity index (χ4n) is 4.76. The Kier molecular flexibility index (Phi) is 6.60. The SMILES string of the molecule is Cc1cc(Nc2ncnc3ccc(NC(=O)/C=C/[C@H]4CCCN4C)cc23)ccc1Oc1ccn2ncnc2c1. The van der Waals surface area contributed by atoms with Gasteiger partial charge in [0, 0.05) is 41.1 Å². The highest BCUT2D eigenvalue weighted by atomic mass is 16.5. The number of nitrogens with one attached hydrogen (secondary N) is 2. The number of pyridine rings is 1. The molecule has 2 N–H and O–H groups in total. The smallest absolute Gasteiger partial charge is 0.248 e. The standard InChI is InChI=1S/C29H28N8O2/c1-19-14-20(6-9-26(19)39-23-11-13-37-27(16-23)31-18-33-37)35-29-24-15-21(5-8-25(24)30-17-32-29)34-28(38)10-7-22-4-3-12-36(22)2/h5-11,13-18,22H,3-4,12H2,1-2H3,(H,34,38)(H,30,32,35)/b10-7+/t22-/m1/s1. The Labute approximate surface area is 225 Å². The molecule has 1 aliphatic heterocycles. The number of likely N-dealkylation sites (tertiary alicyclic amines) is 1. The minimum atomic E-state index is -0.157. The number of ether oxygens (including phenoxy) is 1. The van der Waals surface area contributed by atoms with Crippen LogP contribution in [0.3, 0.4) is 0 Å². The number of carbonyl (C=O) groups is 1. The molecule has 0 aliphatic carbocycles. The van der Waals surface area contributed by atoms with E-state index < -0.39 is 0 Å². The predicted molar refractivity (Wildman–Crippen MR) is 150 cm³/mol. The van der Waals surface area contributed by atoms with E-state index in [0.717, 1.165) is 47.3 Å². The molecule has 1 amide bonds. The maximum atomic E-state index is 12.6. The van der Waals surface area contributed by atoms with Gasteiger partial charge in [0.05, 0.1) is 5.52 Å². The zero-order chi connectivity index (χ0) is 26.8. The van der Waals surface area contributed by atoms with Crippen LogP contribution in [0.2, 0.25) is 0 Å². The molecule has 5 aromatic rings. The molecule has 0 bridgehead atoms. The molecular weight excluding hydrogens is 492 g/mol. The van der Waals surface area contributed by atoms with E-state index in [1.54, 1.807) is 10.6 Å². The Morgan fingerprint density at radius 3 is 2.79 bits per heavy atom. The van der Waals surface area contributed by atoms with Crippen LogP contribution in [0.1, 0.15) is 18.4 Å². The van der Waals surface area contributed by atoms with Crippen LogP contribution < -0.4 is 15.4 Å². The van der Waals surface area contributed by atoms with Gasteiger partial charge in [-0.2, -0.15) is 5.10 Å². The Bertz CT molecular complexity index is 1700. The molecule has 0 unspecified atom stereocenters. The van der Waals surface area contributed by atoms with Gasteiger partial charge in [0.1, 0.15) is 30.0 Å². The van der Waals surface area contributed by atoms with Crippen molar-refractivity contribution in [1.29, 1.82) is 0 Å². The number of hydrogen-bond acceptors (Lipinski definition) is 8. The molecule has 196 valence electrons. The fraction of sp³-hybridized carbons (Fsp3) is 0.207. The van der Waals surface area contributed by atoms with Gasteiger partial charge in [-0.1, -0.05) is 6.08 Å². The summed E-state index contributed by atoms with van der Waals surface area (Å²) in [6, 6.07) is 15.4. The molecule has 6 rings (SSSR count). The molecule has 39 heavy (non-hydrogen) atoms. The summed E-state index contributed by atoms with van der Waals surface area (Å²) >= 11 is 0. The summed E-state index contributed by atoms with van der Waals surface area (Å²) in [5, 5.41) is 11.3. The quantitative estimate of drug-likeness (QED) is 0.285. The highest BCUT2D eigenvalue weighted by Gasteiger charge is 2.18. The van der Waals surface area contributed by atoms with Crippen molar-refractivity contribution in [3.8, 4) is 11.5 Å². The van der Waals surface area contributed by atoms with Crippen molar-refractivity contribution >= 4 is 39.6 Å². The zero-order valence-electron chi connectivity index (χ0n) is 21.7. The van der Waals surface area contributed by atoms with E-state index in [0.29, 0.717) is 28.9 Å². The van der Waals surface area contributed by atoms with Crippen LogP contribution in [-0.4, -0.2) is 55.0 Å². The van der Waals surface area contributed by atoms with Crippen LogP contribution in [0.4, 0.5) is 17.2 Å². The van der Waals surface area contributed by atoms with E-state index in [1.165, 1.54) is 12.7 Å². The second-order valence-corrected chi connectivity index (χ2v) is 9.63. The van der Waals surface area contributed by atoms with E-state index in [2.05, 4.69) is 42.6 Å². The van der Waals surface area contributed by atoms with E-state index in [9.17, 15) is 4.79 Å². The fourth-order valence-corrected chi connectivity index (χ4v) is 4.76. The minimum Gasteiger partial charge on any atom is -0.457 e. The summed E-state index contributed by atoms with van der Waals surface area (Å²) in [4.78, 5) is 27.9. The molecule has 4 heterocycles. The van der Waals surface area contributed by atoms with Crippen LogP contribution in [0, 0.1) is 6.92 Å². The Hall–Kier alpha value is -4.83. The zero-order valence-corrected chi connectivity index (χ0v) is 21.7. The average molecular weight is 521 g/mol. The maximum absolute atomic E-state index is 12.6. The second kappa shape index (κ2) is 10.5. The number of anilines is 3. The summed E-state index contributed by atoms with van der Waals surface area (Å²) in [5.74, 6) is 1.90. The topological polar surface area (TPSA) is 110 Å². The normalized spacial score (nSPS) is 15.8. The van der Waals surface area contributed by atoms with Crippen molar-refractivity contribution < 1.29 is 9.53 Å². The van der Waals surface area contributed by atoms with Crippen molar-refractivity contribution in [3.05, 3.63) is 85.1 Å². The van der Waals surface area contributed by atoms with Gasteiger partial charge in [0.25, 0.3) is 0 Å². The van der Waals surface area contributed by atoms with Crippen LogP contribution in [0.25, 0.3) is 16.6 Å². The van der Waals surface area contributed by atoms with Gasteiger partial charge < -0.3 is 15.4 Å². The van der Waals surface area contributed by atoms with Gasteiger partial charge >= 0.3 is 0 Å². The van der Waals surface area contributed by atoms with Crippen molar-refractivity contribution in [2.24, 2.45) is 0 Å². The third-order valence-electron chi connectivity index (χ3n) is 6.87. The summed E-state index contributed by atoms with van der Waals surface area (Å²) in [7, 11) is 2.08. The summed E-state index contributed by atoms with van der Waals surface area (Å²) < 4.78 is 7.77. The number of fused-ring (bicyclic) bond motifs is 2. The Morgan fingerprint density at radius 2 is 1.95 bits per heavy atom. The van der Waals surface area contributed by atoms with Crippen LogP contribution >= 0.6 is 0 Å². The molecule has 1 aliphatic rings. The van der Waals surface area contributed by atoms with Crippen molar-refractivity contribution in [1.82, 2.24) is 29.5 Å². The molecule has 0 spiro atoms. The number of aromatic nitrogens is 5. The van der Waals surface area contributed by atoms with Gasteiger partial charge in [0.15, 0.2) is 5.65 Å². The van der Waals surface area contributed by atoms with Crippen molar-refractivity contribution in [3.63, 3.8) is 0 Å². The third kappa shape index (κ3) is 5.41. The molecular formula is C29H28N8O2. The largest absolute Gasteiger partial charge is 0.457 e. The lowest BCUT2D eigenvalue weighted by Gasteiger charge is -2.14. The van der Waals surface area contributed by atoms with E-state index in [1.807, 2.05) is 67.7 Å². The molecule has 1 saturated heterocycles. The number of amides is 1. The number of nitrogens with zero attached hydrogens (tertiary/aromatic N) is 6. The molecule has 10 nitrogen and oxygen atoms in total. The van der Waals surface area contributed by atoms with Gasteiger partial charge in [-0.05, 0) is 81.4 Å². The molecule has 10 heteroatoms. The number of benzene rings is 2. The van der Waals surface area contributed by atoms with Crippen LogP contribution in [-0.2, 0) is 4.79 Å².